The van der Waals surface area contributed by atoms with E-state index >= 15 is 0 Å². The van der Waals surface area contributed by atoms with Crippen LogP contribution in [0.4, 0.5) is 0 Å². The summed E-state index contributed by atoms with van der Waals surface area (Å²) >= 11 is 0. The molecule has 0 bridgehead atoms. The Kier molecular flexibility index (Phi) is 3.07. The Balaban J connectivity index is 2.08. The highest BCUT2D eigenvalue weighted by Gasteiger charge is 2.01. The van der Waals surface area contributed by atoms with Crippen molar-refractivity contribution in [3.63, 3.8) is 0 Å². The van der Waals surface area contributed by atoms with Gasteiger partial charge in [0, 0.05) is 11.4 Å². The minimum absolute atomic E-state index is 0.574. The summed E-state index contributed by atoms with van der Waals surface area (Å²) in [7, 11) is 2.00. The van der Waals surface area contributed by atoms with Crippen LogP contribution in [0.5, 0.6) is 0 Å². The lowest BCUT2D eigenvalue weighted by molar-refractivity contribution is 0.565. The molecule has 0 unspecified atom stereocenters. The molecule has 1 aromatic heterocycles. The molecule has 2 rings (SSSR count). The van der Waals surface area contributed by atoms with Crippen molar-refractivity contribution in [1.82, 2.24) is 5.32 Å². The monoisotopic (exact) mass is 203 g/mol. The van der Waals surface area contributed by atoms with Gasteiger partial charge in [-0.1, -0.05) is 6.07 Å². The Bertz CT molecular complexity index is 433. The fourth-order valence-electron chi connectivity index (χ4n) is 1.70. The summed E-state index contributed by atoms with van der Waals surface area (Å²) in [6.07, 6.45) is 4.02. The van der Waals surface area contributed by atoms with Crippen molar-refractivity contribution in [2.45, 2.75) is 25.8 Å². The molecule has 0 radical (unpaired) electrons. The van der Waals surface area contributed by atoms with Gasteiger partial charge in [-0.15, -0.1) is 0 Å². The van der Waals surface area contributed by atoms with Crippen LogP contribution in [0, 0.1) is 0 Å². The summed E-state index contributed by atoms with van der Waals surface area (Å²) < 4.78 is 5.31. The van der Waals surface area contributed by atoms with E-state index in [1.165, 1.54) is 17.4 Å². The molecule has 0 fully saturated rings. The van der Waals surface area contributed by atoms with Gasteiger partial charge in [-0.2, -0.15) is 0 Å². The lowest BCUT2D eigenvalue weighted by Gasteiger charge is -2.09. The van der Waals surface area contributed by atoms with Crippen LogP contribution in [0.3, 0.4) is 0 Å². The van der Waals surface area contributed by atoms with Crippen molar-refractivity contribution in [2.75, 3.05) is 7.05 Å². The molecular formula is C13H17NO. The van der Waals surface area contributed by atoms with Gasteiger partial charge >= 0.3 is 0 Å². The van der Waals surface area contributed by atoms with E-state index in [0.29, 0.717) is 6.04 Å². The van der Waals surface area contributed by atoms with Crippen molar-refractivity contribution >= 4 is 11.0 Å². The third kappa shape index (κ3) is 2.39. The quantitative estimate of drug-likeness (QED) is 0.826. The second-order valence-corrected chi connectivity index (χ2v) is 4.02. The Morgan fingerprint density at radius 1 is 1.33 bits per heavy atom. The summed E-state index contributed by atoms with van der Waals surface area (Å²) in [5, 5.41) is 4.45. The van der Waals surface area contributed by atoms with E-state index in [1.807, 2.05) is 13.1 Å². The largest absolute Gasteiger partial charge is 0.464 e. The maximum atomic E-state index is 5.31. The number of fused-ring (bicyclic) bond motifs is 1. The number of furan rings is 1. The lowest BCUT2D eigenvalue weighted by atomic mass is 10.0. The van der Waals surface area contributed by atoms with E-state index in [9.17, 15) is 0 Å². The van der Waals surface area contributed by atoms with Gasteiger partial charge in [0.25, 0.3) is 0 Å². The molecule has 2 nitrogen and oxygen atoms in total. The van der Waals surface area contributed by atoms with Crippen LogP contribution < -0.4 is 5.32 Å². The van der Waals surface area contributed by atoms with Gasteiger partial charge < -0.3 is 9.73 Å². The third-order valence-corrected chi connectivity index (χ3v) is 2.88. The highest BCUT2D eigenvalue weighted by atomic mass is 16.3. The van der Waals surface area contributed by atoms with Crippen LogP contribution in [0.2, 0.25) is 0 Å². The Hall–Kier alpha value is -1.28. The second-order valence-electron chi connectivity index (χ2n) is 4.02. The average molecular weight is 203 g/mol. The molecule has 1 heterocycles. The van der Waals surface area contributed by atoms with Gasteiger partial charge in [0.2, 0.25) is 0 Å². The molecule has 0 aliphatic carbocycles. The Morgan fingerprint density at radius 2 is 2.20 bits per heavy atom. The topological polar surface area (TPSA) is 25.2 Å². The molecule has 1 aromatic carbocycles. The van der Waals surface area contributed by atoms with Crippen LogP contribution in [0.1, 0.15) is 18.9 Å². The van der Waals surface area contributed by atoms with E-state index in [2.05, 4.69) is 30.4 Å². The van der Waals surface area contributed by atoms with Gasteiger partial charge in [-0.3, -0.25) is 0 Å². The van der Waals surface area contributed by atoms with Crippen LogP contribution in [0.15, 0.2) is 34.9 Å². The zero-order chi connectivity index (χ0) is 10.7. The second kappa shape index (κ2) is 4.49. The predicted molar refractivity (Wildman–Crippen MR) is 63.1 cm³/mol. The van der Waals surface area contributed by atoms with Crippen molar-refractivity contribution in [2.24, 2.45) is 0 Å². The molecule has 0 aliphatic rings. The molecule has 0 amide bonds. The van der Waals surface area contributed by atoms with Crippen molar-refractivity contribution in [1.29, 1.82) is 0 Å². The van der Waals surface area contributed by atoms with Crippen molar-refractivity contribution in [3.8, 4) is 0 Å². The predicted octanol–water partition coefficient (Wildman–Crippen LogP) is 2.97. The highest BCUT2D eigenvalue weighted by Crippen LogP contribution is 2.18. The first kappa shape index (κ1) is 10.2. The zero-order valence-corrected chi connectivity index (χ0v) is 9.29. The molecule has 1 N–H and O–H groups in total. The summed E-state index contributed by atoms with van der Waals surface area (Å²) in [5.74, 6) is 0. The summed E-state index contributed by atoms with van der Waals surface area (Å²) in [6.45, 7) is 2.20. The Morgan fingerprint density at radius 3 is 3.00 bits per heavy atom. The number of rotatable bonds is 4. The smallest absolute Gasteiger partial charge is 0.133 e. The van der Waals surface area contributed by atoms with Crippen molar-refractivity contribution in [3.05, 3.63) is 36.1 Å². The molecule has 1 atom stereocenters. The van der Waals surface area contributed by atoms with E-state index in [4.69, 9.17) is 4.42 Å². The fourth-order valence-corrected chi connectivity index (χ4v) is 1.70. The number of benzene rings is 1. The number of nitrogens with one attached hydrogen (secondary N) is 1. The molecule has 80 valence electrons. The van der Waals surface area contributed by atoms with E-state index < -0.39 is 0 Å². The first-order valence-corrected chi connectivity index (χ1v) is 5.43. The minimum Gasteiger partial charge on any atom is -0.464 e. The van der Waals surface area contributed by atoms with Gasteiger partial charge in [-0.05, 0) is 50.6 Å². The molecule has 0 spiro atoms. The number of hydrogen-bond donors (Lipinski definition) is 1. The molecule has 2 heteroatoms. The first-order chi connectivity index (χ1) is 7.29. The molecule has 0 saturated heterocycles. The molecule has 0 saturated carbocycles. The van der Waals surface area contributed by atoms with Gasteiger partial charge in [0.15, 0.2) is 0 Å². The zero-order valence-electron chi connectivity index (χ0n) is 9.29. The van der Waals surface area contributed by atoms with Crippen LogP contribution in [0.25, 0.3) is 11.0 Å². The van der Waals surface area contributed by atoms with Gasteiger partial charge in [-0.25, -0.2) is 0 Å². The van der Waals surface area contributed by atoms with E-state index in [1.54, 1.807) is 6.26 Å². The molecular weight excluding hydrogens is 186 g/mol. The molecule has 2 aromatic rings. The van der Waals surface area contributed by atoms with E-state index in [-0.39, 0.29) is 0 Å². The van der Waals surface area contributed by atoms with Crippen LogP contribution >= 0.6 is 0 Å². The standard InChI is InChI=1S/C13H17NO/c1-10(14-2)3-4-11-5-6-13-12(9-11)7-8-15-13/h5-10,14H,3-4H2,1-2H3/t10-/m0/s1. The van der Waals surface area contributed by atoms with Crippen LogP contribution in [-0.2, 0) is 6.42 Å². The third-order valence-electron chi connectivity index (χ3n) is 2.88. The number of aryl methyl sites for hydroxylation is 1. The summed E-state index contributed by atoms with van der Waals surface area (Å²) in [4.78, 5) is 0. The minimum atomic E-state index is 0.574. The summed E-state index contributed by atoms with van der Waals surface area (Å²) in [6, 6.07) is 9.00. The average Bonchev–Trinajstić information content (AvgIpc) is 2.72. The van der Waals surface area contributed by atoms with Crippen LogP contribution in [-0.4, -0.2) is 13.1 Å². The lowest BCUT2D eigenvalue weighted by Crippen LogP contribution is -2.21. The highest BCUT2D eigenvalue weighted by molar-refractivity contribution is 5.77. The Labute approximate surface area is 90.3 Å². The van der Waals surface area contributed by atoms with Gasteiger partial charge in [0.05, 0.1) is 6.26 Å². The molecule has 0 aliphatic heterocycles. The first-order valence-electron chi connectivity index (χ1n) is 5.43. The van der Waals surface area contributed by atoms with Gasteiger partial charge in [0.1, 0.15) is 5.58 Å². The maximum Gasteiger partial charge on any atom is 0.133 e. The van der Waals surface area contributed by atoms with E-state index in [0.717, 1.165) is 12.0 Å². The normalized spacial score (nSPS) is 13.2. The number of hydrogen-bond acceptors (Lipinski definition) is 2. The van der Waals surface area contributed by atoms with Crippen molar-refractivity contribution < 1.29 is 4.42 Å². The SMILES string of the molecule is CN[C@@H](C)CCc1ccc2occc2c1. The fraction of sp³-hybridized carbons (Fsp3) is 0.385. The maximum absolute atomic E-state index is 5.31. The summed E-state index contributed by atoms with van der Waals surface area (Å²) in [5.41, 5.74) is 2.35. The molecule has 15 heavy (non-hydrogen) atoms.